The summed E-state index contributed by atoms with van der Waals surface area (Å²) in [4.78, 5) is 24.6. The second kappa shape index (κ2) is 7.46. The predicted octanol–water partition coefficient (Wildman–Crippen LogP) is 4.67. The minimum Gasteiger partial charge on any atom is -0.456 e. The van der Waals surface area contributed by atoms with Crippen LogP contribution in [0.25, 0.3) is 0 Å². The third-order valence-electron chi connectivity index (χ3n) is 6.78. The molecule has 1 amide bonds. The van der Waals surface area contributed by atoms with Gasteiger partial charge in [0, 0.05) is 17.0 Å². The second-order valence-corrected chi connectivity index (χ2v) is 9.43. The molecule has 0 saturated heterocycles. The first-order valence-corrected chi connectivity index (χ1v) is 10.5. The van der Waals surface area contributed by atoms with E-state index in [1.165, 1.54) is 38.5 Å². The quantitative estimate of drug-likeness (QED) is 0.719. The second-order valence-electron chi connectivity index (χ2n) is 9.02. The lowest BCUT2D eigenvalue weighted by Gasteiger charge is -2.56. The Morgan fingerprint density at radius 2 is 1.74 bits per heavy atom. The number of esters is 1. The average Bonchev–Trinajstić information content (AvgIpc) is 2.58. The minimum absolute atomic E-state index is 0.0145. The number of carbonyl (C=O) groups excluding carboxylic acids is 2. The SMILES string of the molecule is C[C@H](OC(=O)CNC(=O)CC12CC3CC(CC(C3)C1)C2)c1ccccc1Cl. The first-order chi connectivity index (χ1) is 12.9. The van der Waals surface area contributed by atoms with Crippen LogP contribution in [0, 0.1) is 23.2 Å². The van der Waals surface area contributed by atoms with Gasteiger partial charge in [-0.2, -0.15) is 0 Å². The van der Waals surface area contributed by atoms with E-state index in [0.29, 0.717) is 11.4 Å². The Kier molecular flexibility index (Phi) is 5.19. The van der Waals surface area contributed by atoms with Gasteiger partial charge in [-0.1, -0.05) is 29.8 Å². The number of carbonyl (C=O) groups is 2. The van der Waals surface area contributed by atoms with E-state index < -0.39 is 12.1 Å². The van der Waals surface area contributed by atoms with Crippen LogP contribution in [0.15, 0.2) is 24.3 Å². The molecule has 1 N–H and O–H groups in total. The number of halogens is 1. The van der Waals surface area contributed by atoms with E-state index in [-0.39, 0.29) is 17.9 Å². The Hall–Kier alpha value is -1.55. The summed E-state index contributed by atoms with van der Waals surface area (Å²) in [6, 6.07) is 7.31. The number of hydrogen-bond acceptors (Lipinski definition) is 3. The van der Waals surface area contributed by atoms with Gasteiger partial charge in [-0.25, -0.2) is 0 Å². The highest BCUT2D eigenvalue weighted by Gasteiger charge is 2.51. The lowest BCUT2D eigenvalue weighted by Crippen LogP contribution is -2.48. The molecule has 1 aromatic rings. The van der Waals surface area contributed by atoms with E-state index in [0.717, 1.165) is 23.3 Å². The maximum atomic E-state index is 12.5. The minimum atomic E-state index is -0.439. The van der Waals surface area contributed by atoms with Crippen molar-refractivity contribution in [2.45, 2.75) is 58.0 Å². The van der Waals surface area contributed by atoms with Gasteiger partial charge in [0.1, 0.15) is 12.6 Å². The molecular weight excluding hydrogens is 362 g/mol. The summed E-state index contributed by atoms with van der Waals surface area (Å²) >= 11 is 6.14. The maximum Gasteiger partial charge on any atom is 0.326 e. The molecule has 0 aromatic heterocycles. The van der Waals surface area contributed by atoms with Crippen LogP contribution in [0.1, 0.15) is 63.5 Å². The summed E-state index contributed by atoms with van der Waals surface area (Å²) in [5.74, 6) is 2.03. The van der Waals surface area contributed by atoms with Gasteiger partial charge >= 0.3 is 5.97 Å². The Labute approximate surface area is 166 Å². The molecule has 5 heteroatoms. The molecule has 4 aliphatic carbocycles. The summed E-state index contributed by atoms with van der Waals surface area (Å²) < 4.78 is 5.42. The molecule has 4 aliphatic rings. The molecule has 4 nitrogen and oxygen atoms in total. The van der Waals surface area contributed by atoms with E-state index in [2.05, 4.69) is 5.32 Å². The van der Waals surface area contributed by atoms with Crippen LogP contribution in [0.5, 0.6) is 0 Å². The highest BCUT2D eigenvalue weighted by atomic mass is 35.5. The fourth-order valence-corrected chi connectivity index (χ4v) is 6.48. The van der Waals surface area contributed by atoms with Crippen LogP contribution < -0.4 is 5.32 Å². The van der Waals surface area contributed by atoms with Crippen LogP contribution in [0.2, 0.25) is 5.02 Å². The van der Waals surface area contributed by atoms with Gasteiger partial charge in [0.25, 0.3) is 0 Å². The fourth-order valence-electron chi connectivity index (χ4n) is 6.19. The fraction of sp³-hybridized carbons (Fsp3) is 0.636. The summed E-state index contributed by atoms with van der Waals surface area (Å²) in [5.41, 5.74) is 0.959. The molecule has 146 valence electrons. The number of hydrogen-bond donors (Lipinski definition) is 1. The first kappa shape index (κ1) is 18.8. The van der Waals surface area contributed by atoms with Crippen molar-refractivity contribution in [3.05, 3.63) is 34.9 Å². The standard InChI is InChI=1S/C22H28ClNO3/c1-14(18-4-2-3-5-19(18)23)27-21(26)13-24-20(25)12-22-9-15-6-16(10-22)8-17(7-15)11-22/h2-5,14-17H,6-13H2,1H3,(H,24,25)/t14-,15?,16?,17?,22?/m0/s1. The molecule has 0 unspecified atom stereocenters. The molecule has 1 aromatic carbocycles. The molecule has 4 saturated carbocycles. The number of nitrogens with one attached hydrogen (secondary N) is 1. The van der Waals surface area contributed by atoms with Crippen molar-refractivity contribution in [1.82, 2.24) is 5.32 Å². The predicted molar refractivity (Wildman–Crippen MR) is 104 cm³/mol. The molecule has 27 heavy (non-hydrogen) atoms. The van der Waals surface area contributed by atoms with Gasteiger partial charge in [-0.15, -0.1) is 0 Å². The van der Waals surface area contributed by atoms with Crippen LogP contribution in [-0.4, -0.2) is 18.4 Å². The highest BCUT2D eigenvalue weighted by Crippen LogP contribution is 2.61. The molecule has 0 heterocycles. The Bertz CT molecular complexity index is 697. The van der Waals surface area contributed by atoms with Gasteiger partial charge < -0.3 is 10.1 Å². The van der Waals surface area contributed by atoms with E-state index in [1.54, 1.807) is 13.0 Å². The molecule has 1 atom stereocenters. The summed E-state index contributed by atoms with van der Waals surface area (Å²) in [6.45, 7) is 1.70. The molecule has 0 radical (unpaired) electrons. The van der Waals surface area contributed by atoms with Crippen molar-refractivity contribution in [1.29, 1.82) is 0 Å². The van der Waals surface area contributed by atoms with Gasteiger partial charge in [-0.3, -0.25) is 9.59 Å². The van der Waals surface area contributed by atoms with Gasteiger partial charge in [0.15, 0.2) is 0 Å². The van der Waals surface area contributed by atoms with Crippen LogP contribution >= 0.6 is 11.6 Å². The van der Waals surface area contributed by atoms with Crippen molar-refractivity contribution in [3.63, 3.8) is 0 Å². The van der Waals surface area contributed by atoms with Crippen LogP contribution in [0.3, 0.4) is 0 Å². The number of rotatable bonds is 6. The van der Waals surface area contributed by atoms with Gasteiger partial charge in [0.2, 0.25) is 5.91 Å². The lowest BCUT2D eigenvalue weighted by molar-refractivity contribution is -0.149. The first-order valence-electron chi connectivity index (χ1n) is 10.1. The van der Waals surface area contributed by atoms with E-state index >= 15 is 0 Å². The Morgan fingerprint density at radius 1 is 1.15 bits per heavy atom. The summed E-state index contributed by atoms with van der Waals surface area (Å²) in [7, 11) is 0. The highest BCUT2D eigenvalue weighted by molar-refractivity contribution is 6.31. The third-order valence-corrected chi connectivity index (χ3v) is 7.13. The van der Waals surface area contributed by atoms with Crippen LogP contribution in [0.4, 0.5) is 0 Å². The zero-order valence-corrected chi connectivity index (χ0v) is 16.6. The van der Waals surface area contributed by atoms with E-state index in [4.69, 9.17) is 16.3 Å². The smallest absolute Gasteiger partial charge is 0.326 e. The maximum absolute atomic E-state index is 12.5. The van der Waals surface area contributed by atoms with Crippen molar-refractivity contribution < 1.29 is 14.3 Å². The molecular formula is C22H28ClNO3. The number of ether oxygens (including phenoxy) is 1. The molecule has 5 rings (SSSR count). The average molecular weight is 390 g/mol. The van der Waals surface area contributed by atoms with Crippen molar-refractivity contribution in [2.75, 3.05) is 6.54 Å². The van der Waals surface area contributed by atoms with E-state index in [1.807, 2.05) is 18.2 Å². The topological polar surface area (TPSA) is 55.4 Å². The monoisotopic (exact) mass is 389 g/mol. The van der Waals surface area contributed by atoms with Crippen molar-refractivity contribution in [2.24, 2.45) is 23.2 Å². The zero-order chi connectivity index (χ0) is 19.0. The Morgan fingerprint density at radius 3 is 2.33 bits per heavy atom. The normalized spacial score (nSPS) is 32.1. The van der Waals surface area contributed by atoms with Crippen LogP contribution in [-0.2, 0) is 14.3 Å². The third kappa shape index (κ3) is 4.16. The van der Waals surface area contributed by atoms with Crippen molar-refractivity contribution >= 4 is 23.5 Å². The molecule has 4 bridgehead atoms. The molecule has 0 aliphatic heterocycles. The molecule has 4 fully saturated rings. The molecule has 0 spiro atoms. The van der Waals surface area contributed by atoms with E-state index in [9.17, 15) is 9.59 Å². The number of benzene rings is 1. The van der Waals surface area contributed by atoms with Gasteiger partial charge in [-0.05, 0) is 74.7 Å². The largest absolute Gasteiger partial charge is 0.456 e. The van der Waals surface area contributed by atoms with Crippen molar-refractivity contribution in [3.8, 4) is 0 Å². The number of amides is 1. The van der Waals surface area contributed by atoms with Gasteiger partial charge in [0.05, 0.1) is 0 Å². The zero-order valence-electron chi connectivity index (χ0n) is 15.9. The Balaban J connectivity index is 1.26. The summed E-state index contributed by atoms with van der Waals surface area (Å²) in [5, 5.41) is 3.36. The summed E-state index contributed by atoms with van der Waals surface area (Å²) in [6.07, 6.45) is 7.81. The lowest BCUT2D eigenvalue weighted by atomic mass is 9.49.